The van der Waals surface area contributed by atoms with Crippen molar-refractivity contribution in [1.82, 2.24) is 24.7 Å². The number of carbonyl (C=O) groups excluding carboxylic acids is 1. The number of aromatic nitrogens is 3. The van der Waals surface area contributed by atoms with Gasteiger partial charge in [0.05, 0.1) is 17.1 Å². The van der Waals surface area contributed by atoms with Gasteiger partial charge in [0.25, 0.3) is 0 Å². The van der Waals surface area contributed by atoms with Gasteiger partial charge in [0.15, 0.2) is 5.76 Å². The lowest BCUT2D eigenvalue weighted by Gasteiger charge is -2.31. The summed E-state index contributed by atoms with van der Waals surface area (Å²) in [5.74, 6) is 1.61. The molecule has 0 saturated carbocycles. The van der Waals surface area contributed by atoms with Crippen LogP contribution in [0.2, 0.25) is 0 Å². The van der Waals surface area contributed by atoms with Crippen molar-refractivity contribution in [2.75, 3.05) is 25.1 Å². The molecule has 3 heterocycles. The van der Waals surface area contributed by atoms with Gasteiger partial charge in [-0.15, -0.1) is 0 Å². The summed E-state index contributed by atoms with van der Waals surface area (Å²) in [6.45, 7) is 3.78. The number of nitrogens with one attached hydrogen (secondary N) is 2. The number of imidazole rings is 1. The number of carbonyl (C=O) groups is 1. The third kappa shape index (κ3) is 4.95. The molecule has 11 heteroatoms. The van der Waals surface area contributed by atoms with E-state index in [0.717, 1.165) is 29.0 Å². The van der Waals surface area contributed by atoms with Gasteiger partial charge in [-0.1, -0.05) is 17.3 Å². The smallest absolute Gasteiger partial charge is 0.248 e. The topological polar surface area (TPSA) is 121 Å². The van der Waals surface area contributed by atoms with Crippen LogP contribution >= 0.6 is 11.8 Å². The van der Waals surface area contributed by atoms with Gasteiger partial charge in [0, 0.05) is 19.0 Å². The van der Waals surface area contributed by atoms with Crippen molar-refractivity contribution >= 4 is 38.7 Å². The van der Waals surface area contributed by atoms with Crippen LogP contribution in [0.15, 0.2) is 33.7 Å². The highest BCUT2D eigenvalue weighted by molar-refractivity contribution is 7.98. The van der Waals surface area contributed by atoms with Crippen molar-refractivity contribution in [3.63, 3.8) is 0 Å². The average Bonchev–Trinajstić information content (AvgIpc) is 3.39. The van der Waals surface area contributed by atoms with Gasteiger partial charge < -0.3 is 14.8 Å². The summed E-state index contributed by atoms with van der Waals surface area (Å²) in [6, 6.07) is 7.57. The number of aryl methyl sites for hydroxylation is 2. The molecule has 1 fully saturated rings. The Hall–Kier alpha value is -2.37. The maximum atomic E-state index is 13.1. The number of para-hydroxylation sites is 2. The fourth-order valence-electron chi connectivity index (χ4n) is 4.27. The molecule has 0 radical (unpaired) electrons. The number of H-pyrrole nitrogens is 1. The Morgan fingerprint density at radius 3 is 2.67 bits per heavy atom. The molecular weight excluding hydrogens is 462 g/mol. The van der Waals surface area contributed by atoms with Crippen molar-refractivity contribution in [3.05, 3.63) is 41.5 Å². The molecule has 2 aromatic heterocycles. The van der Waals surface area contributed by atoms with Crippen molar-refractivity contribution in [3.8, 4) is 0 Å². The average molecular weight is 492 g/mol. The van der Waals surface area contributed by atoms with E-state index < -0.39 is 10.0 Å². The monoisotopic (exact) mass is 491 g/mol. The Morgan fingerprint density at radius 2 is 2.03 bits per heavy atom. The highest BCUT2D eigenvalue weighted by atomic mass is 32.2. The second-order valence-electron chi connectivity index (χ2n) is 8.31. The minimum Gasteiger partial charge on any atom is -0.360 e. The predicted molar refractivity (Wildman–Crippen MR) is 127 cm³/mol. The largest absolute Gasteiger partial charge is 0.360 e. The van der Waals surface area contributed by atoms with Crippen molar-refractivity contribution in [2.45, 2.75) is 44.0 Å². The van der Waals surface area contributed by atoms with E-state index in [-0.39, 0.29) is 41.6 Å². The van der Waals surface area contributed by atoms with Gasteiger partial charge in [-0.25, -0.2) is 13.4 Å². The number of thioether (sulfide) groups is 1. The van der Waals surface area contributed by atoms with Gasteiger partial charge in [-0.3, -0.25) is 4.79 Å². The van der Waals surface area contributed by atoms with E-state index >= 15 is 0 Å². The van der Waals surface area contributed by atoms with E-state index in [9.17, 15) is 13.2 Å². The number of nitrogens with zero attached hydrogens (tertiary/aromatic N) is 3. The molecule has 0 bridgehead atoms. The Kier molecular flexibility index (Phi) is 7.10. The van der Waals surface area contributed by atoms with Crippen LogP contribution in [0.4, 0.5) is 0 Å². The van der Waals surface area contributed by atoms with Crippen LogP contribution in [-0.4, -0.2) is 58.9 Å². The molecule has 9 nitrogen and oxygen atoms in total. The van der Waals surface area contributed by atoms with Crippen LogP contribution < -0.4 is 5.32 Å². The van der Waals surface area contributed by atoms with Crippen molar-refractivity contribution in [2.24, 2.45) is 5.92 Å². The summed E-state index contributed by atoms with van der Waals surface area (Å²) in [4.78, 5) is 21.2. The summed E-state index contributed by atoms with van der Waals surface area (Å²) in [5, 5.41) is 6.93. The van der Waals surface area contributed by atoms with E-state index in [2.05, 4.69) is 20.4 Å². The Bertz CT molecular complexity index is 1180. The molecule has 2 N–H and O–H groups in total. The standard InChI is InChI=1S/C22H29N5O4S2/c1-14-20(15(2)31-26-14)33(29,30)27-11-8-16(9-12-27)22(28)25-19(10-13-32-3)21-23-17-6-4-5-7-18(17)24-21/h4-7,16,19H,8-13H2,1-3H3,(H,23,24)(H,25,28)/t19-/m0/s1. The minimum atomic E-state index is -3.69. The van der Waals surface area contributed by atoms with Crippen LogP contribution in [-0.2, 0) is 14.8 Å². The number of hydrogen-bond donors (Lipinski definition) is 2. The summed E-state index contributed by atoms with van der Waals surface area (Å²) in [5.41, 5.74) is 2.16. The third-order valence-electron chi connectivity index (χ3n) is 6.06. The highest BCUT2D eigenvalue weighted by Crippen LogP contribution is 2.28. The van der Waals surface area contributed by atoms with Gasteiger partial charge in [-0.2, -0.15) is 16.1 Å². The minimum absolute atomic E-state index is 0.0593. The van der Waals surface area contributed by atoms with E-state index in [1.807, 2.05) is 30.5 Å². The molecule has 1 aliphatic rings. The zero-order valence-corrected chi connectivity index (χ0v) is 20.6. The zero-order valence-electron chi connectivity index (χ0n) is 19.0. The molecule has 1 amide bonds. The molecule has 0 spiro atoms. The summed E-state index contributed by atoms with van der Waals surface area (Å²) >= 11 is 1.72. The number of hydrogen-bond acceptors (Lipinski definition) is 7. The number of rotatable bonds is 8. The van der Waals surface area contributed by atoms with E-state index in [4.69, 9.17) is 4.52 Å². The normalized spacial score (nSPS) is 16.8. The van der Waals surface area contributed by atoms with Gasteiger partial charge in [0.1, 0.15) is 16.4 Å². The van der Waals surface area contributed by atoms with Crippen LogP contribution in [0.5, 0.6) is 0 Å². The lowest BCUT2D eigenvalue weighted by Crippen LogP contribution is -2.44. The van der Waals surface area contributed by atoms with Gasteiger partial charge in [-0.05, 0) is 57.3 Å². The van der Waals surface area contributed by atoms with Crippen molar-refractivity contribution < 1.29 is 17.7 Å². The fourth-order valence-corrected chi connectivity index (χ4v) is 6.50. The van der Waals surface area contributed by atoms with Crippen LogP contribution in [0.25, 0.3) is 11.0 Å². The second-order valence-corrected chi connectivity index (χ2v) is 11.2. The molecule has 0 unspecified atom stereocenters. The summed E-state index contributed by atoms with van der Waals surface area (Å²) < 4.78 is 32.6. The number of sulfonamides is 1. The summed E-state index contributed by atoms with van der Waals surface area (Å²) in [7, 11) is -3.69. The molecule has 33 heavy (non-hydrogen) atoms. The zero-order chi connectivity index (χ0) is 23.6. The lowest BCUT2D eigenvalue weighted by molar-refractivity contribution is -0.127. The predicted octanol–water partition coefficient (Wildman–Crippen LogP) is 3.18. The second kappa shape index (κ2) is 9.86. The number of benzene rings is 1. The lowest BCUT2D eigenvalue weighted by atomic mass is 9.96. The Morgan fingerprint density at radius 1 is 1.30 bits per heavy atom. The van der Waals surface area contributed by atoms with Gasteiger partial charge in [0.2, 0.25) is 15.9 Å². The molecule has 1 aliphatic heterocycles. The SMILES string of the molecule is CSCC[C@H](NC(=O)C1CCN(S(=O)(=O)c2c(C)noc2C)CC1)c1nc2ccccc2[nH]1. The van der Waals surface area contributed by atoms with E-state index in [0.29, 0.717) is 18.5 Å². The summed E-state index contributed by atoms with van der Waals surface area (Å²) in [6.07, 6.45) is 3.71. The van der Waals surface area contributed by atoms with Crippen molar-refractivity contribution in [1.29, 1.82) is 0 Å². The molecule has 0 aliphatic carbocycles. The molecule has 4 rings (SSSR count). The molecule has 178 valence electrons. The maximum absolute atomic E-state index is 13.1. The number of amides is 1. The first-order valence-electron chi connectivity index (χ1n) is 11.0. The van der Waals surface area contributed by atoms with E-state index in [1.54, 1.807) is 25.6 Å². The first-order chi connectivity index (χ1) is 15.8. The Balaban J connectivity index is 1.42. The number of piperidine rings is 1. The molecule has 1 saturated heterocycles. The number of fused-ring (bicyclic) bond motifs is 1. The highest BCUT2D eigenvalue weighted by Gasteiger charge is 2.36. The first-order valence-corrected chi connectivity index (χ1v) is 13.8. The maximum Gasteiger partial charge on any atom is 0.248 e. The number of aromatic amines is 1. The van der Waals surface area contributed by atoms with Crippen LogP contribution in [0.3, 0.4) is 0 Å². The fraction of sp³-hybridized carbons (Fsp3) is 0.500. The Labute approximate surface area is 197 Å². The van der Waals surface area contributed by atoms with Crippen LogP contribution in [0, 0.1) is 19.8 Å². The molecular formula is C22H29N5O4S2. The van der Waals surface area contributed by atoms with Crippen LogP contribution in [0.1, 0.15) is 42.6 Å². The molecule has 1 atom stereocenters. The molecule has 3 aromatic rings. The third-order valence-corrected chi connectivity index (χ3v) is 8.84. The quantitative estimate of drug-likeness (QED) is 0.496. The first kappa shape index (κ1) is 23.8. The van der Waals surface area contributed by atoms with Gasteiger partial charge >= 0.3 is 0 Å². The van der Waals surface area contributed by atoms with E-state index in [1.165, 1.54) is 4.31 Å². The molecule has 1 aromatic carbocycles.